The molecular weight excluding hydrogens is 359 g/mol. The van der Waals surface area contributed by atoms with Gasteiger partial charge in [-0.3, -0.25) is 0 Å². The molecular formula is C17H17Cl3O3. The summed E-state index contributed by atoms with van der Waals surface area (Å²) in [6.07, 6.45) is -1.39. The van der Waals surface area contributed by atoms with Gasteiger partial charge in [-0.15, -0.1) is 0 Å². The number of ether oxygens (including phenoxy) is 2. The van der Waals surface area contributed by atoms with Crippen molar-refractivity contribution < 1.29 is 14.3 Å². The van der Waals surface area contributed by atoms with Crippen LogP contribution in [0.4, 0.5) is 4.79 Å². The van der Waals surface area contributed by atoms with Crippen molar-refractivity contribution in [2.24, 2.45) is 0 Å². The van der Waals surface area contributed by atoms with Crippen LogP contribution in [0.3, 0.4) is 0 Å². The zero-order valence-corrected chi connectivity index (χ0v) is 15.2. The van der Waals surface area contributed by atoms with Crippen molar-refractivity contribution in [3.8, 4) is 0 Å². The molecule has 0 heterocycles. The highest BCUT2D eigenvalue weighted by Crippen LogP contribution is 2.40. The predicted octanol–water partition coefficient (Wildman–Crippen LogP) is 6.20. The van der Waals surface area contributed by atoms with Crippen molar-refractivity contribution in [3.05, 3.63) is 48.0 Å². The van der Waals surface area contributed by atoms with E-state index in [-0.39, 0.29) is 0 Å². The van der Waals surface area contributed by atoms with Crippen molar-refractivity contribution >= 4 is 51.7 Å². The number of hydrogen-bond donors (Lipinski definition) is 0. The molecule has 23 heavy (non-hydrogen) atoms. The number of carbonyl (C=O) groups excluding carboxylic acids is 1. The second-order valence-corrected chi connectivity index (χ2v) is 7.97. The summed E-state index contributed by atoms with van der Waals surface area (Å²) in [6, 6.07) is 13.7. The van der Waals surface area contributed by atoms with Gasteiger partial charge in [-0.25, -0.2) is 4.79 Å². The second-order valence-electron chi connectivity index (χ2n) is 5.69. The summed E-state index contributed by atoms with van der Waals surface area (Å²) in [5.41, 5.74) is -0.431. The Morgan fingerprint density at radius 3 is 2.30 bits per heavy atom. The maximum atomic E-state index is 12.0. The van der Waals surface area contributed by atoms with Gasteiger partial charge in [-0.05, 0) is 31.5 Å². The van der Waals surface area contributed by atoms with Crippen LogP contribution in [0.25, 0.3) is 10.8 Å². The average molecular weight is 376 g/mol. The molecule has 0 saturated carbocycles. The van der Waals surface area contributed by atoms with E-state index in [2.05, 4.69) is 0 Å². The van der Waals surface area contributed by atoms with Crippen LogP contribution < -0.4 is 0 Å². The van der Waals surface area contributed by atoms with Crippen LogP contribution in [-0.4, -0.2) is 15.5 Å². The summed E-state index contributed by atoms with van der Waals surface area (Å²) in [5.74, 6) is 0. The van der Waals surface area contributed by atoms with Gasteiger partial charge in [0.25, 0.3) is 0 Å². The molecule has 0 aliphatic rings. The number of benzene rings is 2. The molecule has 0 amide bonds. The van der Waals surface area contributed by atoms with E-state index in [1.165, 1.54) is 13.8 Å². The summed E-state index contributed by atoms with van der Waals surface area (Å²) >= 11 is 17.4. The minimum atomic E-state index is -1.76. The average Bonchev–Trinajstić information content (AvgIpc) is 2.44. The van der Waals surface area contributed by atoms with Crippen LogP contribution >= 0.6 is 34.8 Å². The number of halogens is 3. The fourth-order valence-electron chi connectivity index (χ4n) is 2.10. The molecule has 3 nitrogen and oxygen atoms in total. The normalized spacial score (nSPS) is 13.7. The highest BCUT2D eigenvalue weighted by molar-refractivity contribution is 6.68. The summed E-state index contributed by atoms with van der Waals surface area (Å²) in [7, 11) is 0. The Bertz CT molecular complexity index is 702. The third kappa shape index (κ3) is 4.23. The molecule has 0 radical (unpaired) electrons. The minimum absolute atomic E-state index is 0.500. The Labute approximate surface area is 150 Å². The van der Waals surface area contributed by atoms with Gasteiger partial charge in [0.15, 0.2) is 5.60 Å². The summed E-state index contributed by atoms with van der Waals surface area (Å²) in [6.45, 7) is 4.78. The van der Waals surface area contributed by atoms with Gasteiger partial charge in [0.2, 0.25) is 3.79 Å². The molecule has 1 atom stereocenters. The number of fused-ring (bicyclic) bond motifs is 1. The first-order chi connectivity index (χ1) is 10.6. The molecule has 124 valence electrons. The Hall–Kier alpha value is -1.16. The maximum Gasteiger partial charge on any atom is 0.509 e. The Morgan fingerprint density at radius 2 is 1.65 bits per heavy atom. The van der Waals surface area contributed by atoms with E-state index in [9.17, 15) is 4.79 Å². The lowest BCUT2D eigenvalue weighted by molar-refractivity contribution is -0.0299. The highest BCUT2D eigenvalue weighted by atomic mass is 35.6. The molecule has 2 aromatic rings. The van der Waals surface area contributed by atoms with Crippen molar-refractivity contribution in [3.63, 3.8) is 0 Å². The number of rotatable bonds is 3. The fourth-order valence-corrected chi connectivity index (χ4v) is 2.22. The topological polar surface area (TPSA) is 35.5 Å². The van der Waals surface area contributed by atoms with Crippen LogP contribution in [0, 0.1) is 0 Å². The molecule has 0 aliphatic heterocycles. The Balaban J connectivity index is 2.15. The van der Waals surface area contributed by atoms with E-state index in [1.54, 1.807) is 6.92 Å². The molecule has 0 aromatic heterocycles. The lowest BCUT2D eigenvalue weighted by Crippen LogP contribution is -2.41. The van der Waals surface area contributed by atoms with E-state index in [0.29, 0.717) is 0 Å². The molecule has 2 rings (SSSR count). The van der Waals surface area contributed by atoms with E-state index >= 15 is 0 Å². The summed E-state index contributed by atoms with van der Waals surface area (Å²) in [5, 5.41) is 2.08. The van der Waals surface area contributed by atoms with Crippen molar-refractivity contribution in [2.45, 2.75) is 36.3 Å². The SMILES string of the molecule is CC(OC(=O)OC(C)(C)C(Cl)(Cl)Cl)c1cccc2ccccc12. The third-order valence-electron chi connectivity index (χ3n) is 3.56. The molecule has 2 aromatic carbocycles. The lowest BCUT2D eigenvalue weighted by atomic mass is 10.0. The molecule has 0 fully saturated rings. The summed E-state index contributed by atoms with van der Waals surface area (Å²) < 4.78 is 8.73. The van der Waals surface area contributed by atoms with E-state index < -0.39 is 21.7 Å². The van der Waals surface area contributed by atoms with Crippen LogP contribution in [0.15, 0.2) is 42.5 Å². The second kappa shape index (κ2) is 6.76. The van der Waals surface area contributed by atoms with Gasteiger partial charge in [-0.1, -0.05) is 77.3 Å². The van der Waals surface area contributed by atoms with E-state index in [0.717, 1.165) is 16.3 Å². The van der Waals surface area contributed by atoms with Crippen LogP contribution in [-0.2, 0) is 9.47 Å². The van der Waals surface area contributed by atoms with E-state index in [1.807, 2.05) is 42.5 Å². The monoisotopic (exact) mass is 374 g/mol. The predicted molar refractivity (Wildman–Crippen MR) is 94.3 cm³/mol. The Morgan fingerprint density at radius 1 is 1.04 bits per heavy atom. The minimum Gasteiger partial charge on any atom is -0.426 e. The fraction of sp³-hybridized carbons (Fsp3) is 0.353. The largest absolute Gasteiger partial charge is 0.509 e. The first-order valence-corrected chi connectivity index (χ1v) is 8.19. The Kier molecular flexibility index (Phi) is 5.34. The molecule has 0 spiro atoms. The maximum absolute atomic E-state index is 12.0. The number of alkyl halides is 3. The van der Waals surface area contributed by atoms with Gasteiger partial charge >= 0.3 is 6.16 Å². The van der Waals surface area contributed by atoms with Crippen LogP contribution in [0.2, 0.25) is 0 Å². The highest BCUT2D eigenvalue weighted by Gasteiger charge is 2.44. The molecule has 0 saturated heterocycles. The lowest BCUT2D eigenvalue weighted by Gasteiger charge is -2.31. The van der Waals surface area contributed by atoms with Crippen molar-refractivity contribution in [1.29, 1.82) is 0 Å². The number of carbonyl (C=O) groups is 1. The smallest absolute Gasteiger partial charge is 0.426 e. The van der Waals surface area contributed by atoms with Gasteiger partial charge in [0.1, 0.15) is 6.10 Å². The van der Waals surface area contributed by atoms with Crippen molar-refractivity contribution in [2.75, 3.05) is 0 Å². The third-order valence-corrected chi connectivity index (χ3v) is 4.92. The summed E-state index contributed by atoms with van der Waals surface area (Å²) in [4.78, 5) is 12.0. The molecule has 0 N–H and O–H groups in total. The van der Waals surface area contributed by atoms with Crippen molar-refractivity contribution in [1.82, 2.24) is 0 Å². The zero-order chi connectivity index (χ0) is 17.3. The number of hydrogen-bond acceptors (Lipinski definition) is 3. The first-order valence-electron chi connectivity index (χ1n) is 7.06. The molecule has 1 unspecified atom stereocenters. The quantitative estimate of drug-likeness (QED) is 0.473. The van der Waals surface area contributed by atoms with Gasteiger partial charge < -0.3 is 9.47 Å². The van der Waals surface area contributed by atoms with Gasteiger partial charge in [0.05, 0.1) is 0 Å². The van der Waals surface area contributed by atoms with Gasteiger partial charge in [0, 0.05) is 5.56 Å². The van der Waals surface area contributed by atoms with Crippen LogP contribution in [0.5, 0.6) is 0 Å². The first kappa shape index (κ1) is 18.2. The van der Waals surface area contributed by atoms with Crippen LogP contribution in [0.1, 0.15) is 32.4 Å². The van der Waals surface area contributed by atoms with E-state index in [4.69, 9.17) is 44.3 Å². The standard InChI is InChI=1S/C17H17Cl3O3/c1-11(22-15(21)23-16(2,3)17(18,19)20)13-10-6-8-12-7-4-5-9-14(12)13/h4-11H,1-3H3. The zero-order valence-electron chi connectivity index (χ0n) is 13.0. The molecule has 6 heteroatoms. The molecule has 0 bridgehead atoms. The molecule has 0 aliphatic carbocycles. The van der Waals surface area contributed by atoms with Gasteiger partial charge in [-0.2, -0.15) is 0 Å².